The average molecular weight is 554 g/mol. The first kappa shape index (κ1) is 26.1. The summed E-state index contributed by atoms with van der Waals surface area (Å²) in [6.45, 7) is 3.22. The monoisotopic (exact) mass is 553 g/mol. The summed E-state index contributed by atoms with van der Waals surface area (Å²) in [7, 11) is 0. The highest BCUT2D eigenvalue weighted by molar-refractivity contribution is 6.41. The summed E-state index contributed by atoms with van der Waals surface area (Å²) in [4.78, 5) is 40.7. The van der Waals surface area contributed by atoms with Crippen molar-refractivity contribution in [2.45, 2.75) is 44.1 Å². The van der Waals surface area contributed by atoms with Crippen molar-refractivity contribution in [2.24, 2.45) is 0 Å². The maximum atomic E-state index is 13.8. The van der Waals surface area contributed by atoms with E-state index in [9.17, 15) is 9.59 Å². The van der Waals surface area contributed by atoms with Crippen molar-refractivity contribution in [1.29, 1.82) is 5.26 Å². The Morgan fingerprint density at radius 3 is 2.82 bits per heavy atom. The maximum Gasteiger partial charge on any atom is 0.268 e. The van der Waals surface area contributed by atoms with Crippen LogP contribution in [0.2, 0.25) is 10.2 Å². The van der Waals surface area contributed by atoms with E-state index in [0.717, 1.165) is 16.8 Å². The van der Waals surface area contributed by atoms with E-state index in [2.05, 4.69) is 31.7 Å². The van der Waals surface area contributed by atoms with Gasteiger partial charge >= 0.3 is 0 Å². The standard InChI is InChI=1S/C26H25Cl2N7O3/c1-15(23-30-11-17-12-35(8-7-29)13-20(17)33-23)31-25(37)26(34-24(36)19-9-18(27)22(28)32-19)10-21(38-14-26)16-5-3-2-4-6-16/h2-6,9,11,15,21,32H,8,10,12-14H2,1H3,(H,31,37)(H,34,36)/t15-,21-,26+/m0/s1. The van der Waals surface area contributed by atoms with Gasteiger partial charge in [0.2, 0.25) is 5.91 Å². The summed E-state index contributed by atoms with van der Waals surface area (Å²) >= 11 is 12.0. The Bertz CT molecular complexity index is 1390. The zero-order chi connectivity index (χ0) is 26.9. The Labute approximate surface area is 229 Å². The Morgan fingerprint density at radius 1 is 1.32 bits per heavy atom. The molecular weight excluding hydrogens is 529 g/mol. The van der Waals surface area contributed by atoms with Crippen molar-refractivity contribution >= 4 is 35.0 Å². The van der Waals surface area contributed by atoms with Crippen LogP contribution in [0.4, 0.5) is 0 Å². The van der Waals surface area contributed by atoms with Gasteiger partial charge in [0, 0.05) is 31.3 Å². The van der Waals surface area contributed by atoms with Gasteiger partial charge in [-0.15, -0.1) is 0 Å². The number of hydrogen-bond donors (Lipinski definition) is 3. The van der Waals surface area contributed by atoms with Gasteiger partial charge in [-0.3, -0.25) is 14.5 Å². The molecule has 0 bridgehead atoms. The molecule has 3 atom stereocenters. The first-order valence-corrected chi connectivity index (χ1v) is 12.8. The molecule has 10 nitrogen and oxygen atoms in total. The quantitative estimate of drug-likeness (QED) is 0.381. The van der Waals surface area contributed by atoms with Gasteiger partial charge in [-0.1, -0.05) is 53.5 Å². The Morgan fingerprint density at radius 2 is 2.11 bits per heavy atom. The third kappa shape index (κ3) is 5.24. The average Bonchev–Trinajstić information content (AvgIpc) is 3.61. The number of amides is 2. The number of hydrogen-bond acceptors (Lipinski definition) is 7. The summed E-state index contributed by atoms with van der Waals surface area (Å²) in [6.07, 6.45) is 1.56. The zero-order valence-electron chi connectivity index (χ0n) is 20.5. The minimum absolute atomic E-state index is 0.0345. The highest BCUT2D eigenvalue weighted by atomic mass is 35.5. The van der Waals surface area contributed by atoms with Crippen LogP contribution < -0.4 is 10.6 Å². The topological polar surface area (TPSA) is 136 Å². The molecule has 1 aromatic carbocycles. The fraction of sp³-hybridized carbons (Fsp3) is 0.346. The van der Waals surface area contributed by atoms with Crippen LogP contribution in [0.5, 0.6) is 0 Å². The fourth-order valence-electron chi connectivity index (χ4n) is 4.73. The van der Waals surface area contributed by atoms with Gasteiger partial charge < -0.3 is 20.4 Å². The molecule has 3 N–H and O–H groups in total. The van der Waals surface area contributed by atoms with Gasteiger partial charge in [0.15, 0.2) is 5.82 Å². The van der Waals surface area contributed by atoms with E-state index in [1.54, 1.807) is 13.1 Å². The molecule has 3 aromatic rings. The first-order chi connectivity index (χ1) is 18.3. The lowest BCUT2D eigenvalue weighted by Gasteiger charge is -2.29. The van der Waals surface area contributed by atoms with Gasteiger partial charge in [-0.2, -0.15) is 5.26 Å². The van der Waals surface area contributed by atoms with Crippen molar-refractivity contribution in [2.75, 3.05) is 13.2 Å². The van der Waals surface area contributed by atoms with Crippen molar-refractivity contribution in [3.05, 3.63) is 81.1 Å². The Hall–Kier alpha value is -3.49. The number of nitriles is 1. The van der Waals surface area contributed by atoms with Crippen LogP contribution in [0, 0.1) is 11.3 Å². The summed E-state index contributed by atoms with van der Waals surface area (Å²) in [5, 5.41) is 15.2. The number of carbonyl (C=O) groups is 2. The van der Waals surface area contributed by atoms with Crippen molar-refractivity contribution in [1.82, 2.24) is 30.5 Å². The van der Waals surface area contributed by atoms with E-state index in [1.807, 2.05) is 35.2 Å². The fourth-order valence-corrected chi connectivity index (χ4v) is 5.04. The molecule has 1 saturated heterocycles. The molecule has 2 aliphatic heterocycles. The third-order valence-corrected chi connectivity index (χ3v) is 7.46. The van der Waals surface area contributed by atoms with Gasteiger partial charge in [-0.05, 0) is 18.6 Å². The molecule has 4 heterocycles. The second kappa shape index (κ2) is 10.7. The number of aromatic amines is 1. The van der Waals surface area contributed by atoms with E-state index in [-0.39, 0.29) is 28.9 Å². The number of halogens is 2. The molecule has 0 radical (unpaired) electrons. The molecule has 196 valence electrons. The molecule has 5 rings (SSSR count). The van der Waals surface area contributed by atoms with Crippen molar-refractivity contribution in [3.8, 4) is 6.07 Å². The Kier molecular flexibility index (Phi) is 7.36. The zero-order valence-corrected chi connectivity index (χ0v) is 22.0. The van der Waals surface area contributed by atoms with Crippen LogP contribution in [0.1, 0.15) is 58.6 Å². The van der Waals surface area contributed by atoms with Gasteiger partial charge in [0.1, 0.15) is 16.4 Å². The molecule has 0 aliphatic carbocycles. The minimum Gasteiger partial charge on any atom is -0.370 e. The second-order valence-electron chi connectivity index (χ2n) is 9.49. The third-order valence-electron chi connectivity index (χ3n) is 6.76. The van der Waals surface area contributed by atoms with Crippen molar-refractivity contribution in [3.63, 3.8) is 0 Å². The number of nitrogens with one attached hydrogen (secondary N) is 3. The normalized spacial score (nSPS) is 21.5. The molecule has 38 heavy (non-hydrogen) atoms. The van der Waals surface area contributed by atoms with E-state index >= 15 is 0 Å². The summed E-state index contributed by atoms with van der Waals surface area (Å²) < 4.78 is 6.02. The molecule has 0 unspecified atom stereocenters. The maximum absolute atomic E-state index is 13.8. The van der Waals surface area contributed by atoms with Crippen LogP contribution in [-0.4, -0.2) is 50.4 Å². The number of nitrogens with zero attached hydrogens (tertiary/aromatic N) is 4. The lowest BCUT2D eigenvalue weighted by Crippen LogP contribution is -2.59. The van der Waals surface area contributed by atoms with Crippen LogP contribution in [0.3, 0.4) is 0 Å². The summed E-state index contributed by atoms with van der Waals surface area (Å²) in [5.41, 5.74) is 1.47. The molecule has 0 saturated carbocycles. The van der Waals surface area contributed by atoms with E-state index in [0.29, 0.717) is 25.5 Å². The van der Waals surface area contributed by atoms with E-state index in [1.165, 1.54) is 6.07 Å². The predicted molar refractivity (Wildman–Crippen MR) is 139 cm³/mol. The van der Waals surface area contributed by atoms with Crippen LogP contribution in [0.25, 0.3) is 0 Å². The van der Waals surface area contributed by atoms with Gasteiger partial charge in [0.25, 0.3) is 5.91 Å². The molecule has 2 amide bonds. The summed E-state index contributed by atoms with van der Waals surface area (Å²) in [6, 6.07) is 12.5. The van der Waals surface area contributed by atoms with Gasteiger partial charge in [-0.25, -0.2) is 9.97 Å². The molecule has 0 spiro atoms. The predicted octanol–water partition coefficient (Wildman–Crippen LogP) is 3.46. The van der Waals surface area contributed by atoms with Crippen LogP contribution in [0.15, 0.2) is 42.6 Å². The van der Waals surface area contributed by atoms with Gasteiger partial charge in [0.05, 0.1) is 42.1 Å². The smallest absolute Gasteiger partial charge is 0.268 e. The summed E-state index contributed by atoms with van der Waals surface area (Å²) in [5.74, 6) is -0.514. The molecular formula is C26H25Cl2N7O3. The number of fused-ring (bicyclic) bond motifs is 1. The van der Waals surface area contributed by atoms with E-state index in [4.69, 9.17) is 33.2 Å². The highest BCUT2D eigenvalue weighted by Gasteiger charge is 2.49. The lowest BCUT2D eigenvalue weighted by molar-refractivity contribution is -0.128. The number of benzene rings is 1. The number of ether oxygens (including phenoxy) is 1. The van der Waals surface area contributed by atoms with Crippen LogP contribution >= 0.6 is 23.2 Å². The van der Waals surface area contributed by atoms with E-state index < -0.39 is 29.5 Å². The molecule has 2 aliphatic rings. The molecule has 12 heteroatoms. The number of aromatic nitrogens is 3. The second-order valence-corrected chi connectivity index (χ2v) is 10.3. The first-order valence-electron chi connectivity index (χ1n) is 12.1. The number of H-pyrrole nitrogens is 1. The molecule has 1 fully saturated rings. The largest absolute Gasteiger partial charge is 0.370 e. The SMILES string of the molecule is C[C@H](NC(=O)[C@]1(NC(=O)c2cc(Cl)c(Cl)[nH]2)CO[C@H](c2ccccc2)C1)c1ncc2c(n1)CN(CC#N)C2. The minimum atomic E-state index is -1.36. The lowest BCUT2D eigenvalue weighted by atomic mass is 9.91. The number of carbonyl (C=O) groups excluding carboxylic acids is 2. The van der Waals surface area contributed by atoms with Crippen molar-refractivity contribution < 1.29 is 14.3 Å². The molecule has 2 aromatic heterocycles. The highest BCUT2D eigenvalue weighted by Crippen LogP contribution is 2.36. The van der Waals surface area contributed by atoms with Crippen LogP contribution in [-0.2, 0) is 22.6 Å². The Balaban J connectivity index is 1.36. The number of rotatable bonds is 7.